The summed E-state index contributed by atoms with van der Waals surface area (Å²) >= 11 is 0.792. The van der Waals surface area contributed by atoms with Crippen LogP contribution in [0.3, 0.4) is 0 Å². The first-order valence-corrected chi connectivity index (χ1v) is 9.10. The van der Waals surface area contributed by atoms with Crippen molar-refractivity contribution in [2.75, 3.05) is 13.1 Å². The fourth-order valence-corrected chi connectivity index (χ4v) is 3.88. The van der Waals surface area contributed by atoms with E-state index in [2.05, 4.69) is 0 Å². The Morgan fingerprint density at radius 3 is 2.85 bits per heavy atom. The highest BCUT2D eigenvalue weighted by molar-refractivity contribution is 8.18. The van der Waals surface area contributed by atoms with Crippen LogP contribution in [0.15, 0.2) is 27.7 Å². The smallest absolute Gasteiger partial charge is 0.326 e. The third-order valence-electron chi connectivity index (χ3n) is 4.35. The number of hydrogen-bond donors (Lipinski definition) is 1. The van der Waals surface area contributed by atoms with Gasteiger partial charge in [-0.05, 0) is 43.2 Å². The van der Waals surface area contributed by atoms with Crippen LogP contribution >= 0.6 is 11.8 Å². The van der Waals surface area contributed by atoms with E-state index in [0.29, 0.717) is 18.7 Å². The van der Waals surface area contributed by atoms with E-state index in [1.54, 1.807) is 12.1 Å². The topological polar surface area (TPSA) is 108 Å². The standard InChI is InChI=1S/C17H18N2O6S/c20-14(18-7-2-1-5-12(18)16(22)23)6-8-19-15(21)13(26-17(19)24)10-11-4-3-9-25-11/h3-4,9-10,12H,1-2,5-8H2,(H,22,23). The van der Waals surface area contributed by atoms with E-state index < -0.39 is 23.2 Å². The highest BCUT2D eigenvalue weighted by Gasteiger charge is 2.37. The van der Waals surface area contributed by atoms with Gasteiger partial charge in [0.2, 0.25) is 5.91 Å². The normalized spacial score (nSPS) is 22.3. The molecule has 2 saturated heterocycles. The second-order valence-electron chi connectivity index (χ2n) is 6.04. The van der Waals surface area contributed by atoms with Crippen molar-refractivity contribution in [3.8, 4) is 0 Å². The van der Waals surface area contributed by atoms with Crippen LogP contribution in [0.5, 0.6) is 0 Å². The maximum Gasteiger partial charge on any atom is 0.326 e. The maximum absolute atomic E-state index is 12.4. The van der Waals surface area contributed by atoms with Crippen LogP contribution in [0.4, 0.5) is 4.79 Å². The molecule has 26 heavy (non-hydrogen) atoms. The minimum Gasteiger partial charge on any atom is -0.480 e. The molecular weight excluding hydrogens is 360 g/mol. The molecule has 0 spiro atoms. The van der Waals surface area contributed by atoms with Crippen LogP contribution in [0.1, 0.15) is 31.4 Å². The number of rotatable bonds is 5. The molecule has 138 valence electrons. The number of nitrogens with zero attached hydrogens (tertiary/aromatic N) is 2. The predicted octanol–water partition coefficient (Wildman–Crippen LogP) is 2.17. The monoisotopic (exact) mass is 378 g/mol. The van der Waals surface area contributed by atoms with Gasteiger partial charge in [0.1, 0.15) is 11.8 Å². The van der Waals surface area contributed by atoms with Crippen molar-refractivity contribution in [3.63, 3.8) is 0 Å². The number of likely N-dealkylation sites (tertiary alicyclic amines) is 1. The molecule has 1 unspecified atom stereocenters. The first kappa shape index (κ1) is 18.2. The lowest BCUT2D eigenvalue weighted by molar-refractivity contribution is -0.152. The number of aliphatic carboxylic acids is 1. The van der Waals surface area contributed by atoms with Crippen molar-refractivity contribution in [2.24, 2.45) is 0 Å². The lowest BCUT2D eigenvalue weighted by Gasteiger charge is -2.33. The molecular formula is C17H18N2O6S. The lowest BCUT2D eigenvalue weighted by Crippen LogP contribution is -2.48. The SMILES string of the molecule is O=C(O)C1CCCCN1C(=O)CCN1C(=O)SC(=Cc2ccco2)C1=O. The van der Waals surface area contributed by atoms with Crippen molar-refractivity contribution < 1.29 is 28.7 Å². The first-order chi connectivity index (χ1) is 12.5. The molecule has 0 radical (unpaired) electrons. The summed E-state index contributed by atoms with van der Waals surface area (Å²) in [4.78, 5) is 50.7. The number of amides is 3. The Morgan fingerprint density at radius 2 is 2.15 bits per heavy atom. The van der Waals surface area contributed by atoms with E-state index in [4.69, 9.17) is 4.42 Å². The van der Waals surface area contributed by atoms with Crippen LogP contribution in [-0.4, -0.2) is 57.1 Å². The molecule has 2 aliphatic heterocycles. The molecule has 3 heterocycles. The molecule has 2 aliphatic rings. The molecule has 3 rings (SSSR count). The molecule has 0 saturated carbocycles. The Balaban J connectivity index is 1.62. The van der Waals surface area contributed by atoms with E-state index in [-0.39, 0.29) is 23.8 Å². The lowest BCUT2D eigenvalue weighted by atomic mass is 10.0. The van der Waals surface area contributed by atoms with Crippen LogP contribution in [0.2, 0.25) is 0 Å². The summed E-state index contributed by atoms with van der Waals surface area (Å²) in [6.07, 6.45) is 4.80. The zero-order chi connectivity index (χ0) is 18.7. The number of carboxylic acids is 1. The number of thioether (sulfide) groups is 1. The summed E-state index contributed by atoms with van der Waals surface area (Å²) < 4.78 is 5.14. The quantitative estimate of drug-likeness (QED) is 0.782. The Hall–Kier alpha value is -2.55. The van der Waals surface area contributed by atoms with Crippen molar-refractivity contribution in [3.05, 3.63) is 29.1 Å². The fraction of sp³-hybridized carbons (Fsp3) is 0.412. The Bertz CT molecular complexity index is 757. The van der Waals surface area contributed by atoms with Gasteiger partial charge in [0, 0.05) is 25.6 Å². The van der Waals surface area contributed by atoms with E-state index in [0.717, 1.165) is 29.5 Å². The number of piperidine rings is 1. The summed E-state index contributed by atoms with van der Waals surface area (Å²) in [5.41, 5.74) is 0. The Kier molecular flexibility index (Phi) is 5.46. The van der Waals surface area contributed by atoms with Gasteiger partial charge in [0.15, 0.2) is 0 Å². The summed E-state index contributed by atoms with van der Waals surface area (Å²) in [7, 11) is 0. The van der Waals surface area contributed by atoms with Gasteiger partial charge >= 0.3 is 5.97 Å². The van der Waals surface area contributed by atoms with Crippen molar-refractivity contribution >= 4 is 40.9 Å². The van der Waals surface area contributed by atoms with Crippen LogP contribution < -0.4 is 0 Å². The number of carbonyl (C=O) groups is 4. The minimum absolute atomic E-state index is 0.0676. The number of imide groups is 1. The number of carboxylic acid groups (broad SMARTS) is 1. The summed E-state index contributed by atoms with van der Waals surface area (Å²) in [6.45, 7) is 0.317. The molecule has 0 aliphatic carbocycles. The largest absolute Gasteiger partial charge is 0.480 e. The number of furan rings is 1. The number of carbonyl (C=O) groups excluding carboxylic acids is 3. The summed E-state index contributed by atoms with van der Waals surface area (Å²) in [5.74, 6) is -1.39. The second kappa shape index (κ2) is 7.77. The van der Waals surface area contributed by atoms with Gasteiger partial charge in [-0.3, -0.25) is 19.3 Å². The Labute approximate surface area is 153 Å². The van der Waals surface area contributed by atoms with Crippen molar-refractivity contribution in [1.29, 1.82) is 0 Å². The molecule has 3 amide bonds. The van der Waals surface area contributed by atoms with Gasteiger partial charge in [-0.1, -0.05) is 0 Å². The molecule has 9 heteroatoms. The minimum atomic E-state index is -1.02. The van der Waals surface area contributed by atoms with Gasteiger partial charge in [-0.25, -0.2) is 4.79 Å². The molecule has 0 bridgehead atoms. The molecule has 1 aromatic heterocycles. The van der Waals surface area contributed by atoms with Gasteiger partial charge in [-0.15, -0.1) is 0 Å². The van der Waals surface area contributed by atoms with Crippen LogP contribution in [0.25, 0.3) is 6.08 Å². The van der Waals surface area contributed by atoms with E-state index >= 15 is 0 Å². The summed E-state index contributed by atoms with van der Waals surface area (Å²) in [5, 5.41) is 8.80. The zero-order valence-corrected chi connectivity index (χ0v) is 14.7. The van der Waals surface area contributed by atoms with Gasteiger partial charge in [0.25, 0.3) is 11.1 Å². The van der Waals surface area contributed by atoms with Crippen molar-refractivity contribution in [1.82, 2.24) is 9.80 Å². The third kappa shape index (κ3) is 3.82. The van der Waals surface area contributed by atoms with Crippen molar-refractivity contribution in [2.45, 2.75) is 31.7 Å². The average Bonchev–Trinajstić information content (AvgIpc) is 3.22. The van der Waals surface area contributed by atoms with Crippen LogP contribution in [-0.2, 0) is 14.4 Å². The number of hydrogen-bond acceptors (Lipinski definition) is 6. The van der Waals surface area contributed by atoms with Gasteiger partial charge < -0.3 is 14.4 Å². The molecule has 1 N–H and O–H groups in total. The van der Waals surface area contributed by atoms with Gasteiger partial charge in [-0.2, -0.15) is 0 Å². The maximum atomic E-state index is 12.4. The van der Waals surface area contributed by atoms with Crippen LogP contribution in [0, 0.1) is 0 Å². The zero-order valence-electron chi connectivity index (χ0n) is 13.9. The highest BCUT2D eigenvalue weighted by atomic mass is 32.2. The highest BCUT2D eigenvalue weighted by Crippen LogP contribution is 2.32. The molecule has 2 fully saturated rings. The predicted molar refractivity (Wildman–Crippen MR) is 93.0 cm³/mol. The fourth-order valence-electron chi connectivity index (χ4n) is 3.03. The first-order valence-electron chi connectivity index (χ1n) is 8.28. The van der Waals surface area contributed by atoms with Gasteiger partial charge in [0.05, 0.1) is 11.2 Å². The second-order valence-corrected chi connectivity index (χ2v) is 7.03. The average molecular weight is 378 g/mol. The van der Waals surface area contributed by atoms with E-state index in [1.165, 1.54) is 17.2 Å². The molecule has 1 aromatic rings. The third-order valence-corrected chi connectivity index (χ3v) is 5.26. The molecule has 8 nitrogen and oxygen atoms in total. The van der Waals surface area contributed by atoms with E-state index in [1.807, 2.05) is 0 Å². The molecule has 0 aromatic carbocycles. The Morgan fingerprint density at radius 1 is 1.35 bits per heavy atom. The molecule has 1 atom stereocenters. The summed E-state index contributed by atoms with van der Waals surface area (Å²) in [6, 6.07) is 2.51. The van der Waals surface area contributed by atoms with E-state index in [9.17, 15) is 24.3 Å².